The Morgan fingerprint density at radius 3 is 2.61 bits per heavy atom. The molecule has 0 saturated carbocycles. The van der Waals surface area contributed by atoms with Gasteiger partial charge in [-0.2, -0.15) is 0 Å². The highest BCUT2D eigenvalue weighted by Gasteiger charge is 2.32. The van der Waals surface area contributed by atoms with Crippen LogP contribution in [-0.4, -0.2) is 42.2 Å². The van der Waals surface area contributed by atoms with E-state index in [0.717, 1.165) is 34.0 Å². The van der Waals surface area contributed by atoms with Gasteiger partial charge in [-0.3, -0.25) is 9.36 Å². The third-order valence-electron chi connectivity index (χ3n) is 6.60. The van der Waals surface area contributed by atoms with Gasteiger partial charge in [-0.15, -0.1) is 0 Å². The summed E-state index contributed by atoms with van der Waals surface area (Å²) in [7, 11) is 0. The molecule has 0 radical (unpaired) electrons. The number of carbonyl (C=O) groups is 1. The van der Waals surface area contributed by atoms with Gasteiger partial charge in [0.1, 0.15) is 28.4 Å². The van der Waals surface area contributed by atoms with E-state index >= 15 is 0 Å². The van der Waals surface area contributed by atoms with Crippen LogP contribution < -0.4 is 5.73 Å². The van der Waals surface area contributed by atoms with E-state index in [1.54, 1.807) is 15.5 Å². The van der Waals surface area contributed by atoms with Crippen LogP contribution >= 0.6 is 0 Å². The van der Waals surface area contributed by atoms with Crippen molar-refractivity contribution >= 4 is 22.9 Å². The molecule has 1 aliphatic rings. The molecule has 3 aromatic heterocycles. The van der Waals surface area contributed by atoms with Crippen LogP contribution in [0.3, 0.4) is 0 Å². The predicted octanol–water partition coefficient (Wildman–Crippen LogP) is 3.44. The Bertz CT molecular complexity index is 1450. The first-order chi connectivity index (χ1) is 15.7. The lowest BCUT2D eigenvalue weighted by Crippen LogP contribution is -2.36. The lowest BCUT2D eigenvalue weighted by atomic mass is 10.0. The van der Waals surface area contributed by atoms with Crippen molar-refractivity contribution in [3.05, 3.63) is 57.2 Å². The minimum atomic E-state index is -0.212. The number of nitrogens with zero attached hydrogens (tertiary/aromatic N) is 5. The number of carbonyl (C=O) groups excluding carboxylic acids is 1. The molecule has 9 nitrogen and oxygen atoms in total. The SMILES string of the molecule is Cc1ccc(O)c(C)c1-n1c(N)c(C(=O)N2CCc3noc(C)c3C2)c2nc(C)c(C)nc21. The van der Waals surface area contributed by atoms with Crippen LogP contribution in [0.1, 0.15) is 49.9 Å². The average molecular weight is 447 g/mol. The molecular formula is C24H26N6O3. The molecule has 4 aromatic rings. The summed E-state index contributed by atoms with van der Waals surface area (Å²) in [6, 6.07) is 3.47. The number of rotatable bonds is 2. The van der Waals surface area contributed by atoms with Crippen LogP contribution in [0.4, 0.5) is 5.82 Å². The Morgan fingerprint density at radius 1 is 1.12 bits per heavy atom. The fourth-order valence-electron chi connectivity index (χ4n) is 4.55. The number of hydrogen-bond donors (Lipinski definition) is 2. The summed E-state index contributed by atoms with van der Waals surface area (Å²) in [4.78, 5) is 25.1. The second-order valence-electron chi connectivity index (χ2n) is 8.68. The van der Waals surface area contributed by atoms with Crippen molar-refractivity contribution in [3.63, 3.8) is 0 Å². The highest BCUT2D eigenvalue weighted by atomic mass is 16.5. The number of anilines is 1. The molecule has 0 fully saturated rings. The number of phenols is 1. The van der Waals surface area contributed by atoms with E-state index in [-0.39, 0.29) is 17.5 Å². The normalized spacial score (nSPS) is 13.5. The van der Waals surface area contributed by atoms with Gasteiger partial charge in [-0.25, -0.2) is 9.97 Å². The van der Waals surface area contributed by atoms with Gasteiger partial charge in [0.25, 0.3) is 5.91 Å². The smallest absolute Gasteiger partial charge is 0.260 e. The molecule has 0 spiro atoms. The van der Waals surface area contributed by atoms with Crippen molar-refractivity contribution < 1.29 is 14.4 Å². The molecular weight excluding hydrogens is 420 g/mol. The van der Waals surface area contributed by atoms with Crippen LogP contribution in [-0.2, 0) is 13.0 Å². The van der Waals surface area contributed by atoms with Gasteiger partial charge in [0, 0.05) is 24.1 Å². The molecule has 0 aliphatic carbocycles. The predicted molar refractivity (Wildman–Crippen MR) is 124 cm³/mol. The highest BCUT2D eigenvalue weighted by molar-refractivity contribution is 6.10. The molecule has 170 valence electrons. The molecule has 1 amide bonds. The number of hydrogen-bond acceptors (Lipinski definition) is 7. The van der Waals surface area contributed by atoms with Gasteiger partial charge in [0.05, 0.1) is 29.3 Å². The van der Waals surface area contributed by atoms with Crippen LogP contribution in [0.5, 0.6) is 5.75 Å². The van der Waals surface area contributed by atoms with Crippen molar-refractivity contribution in [2.45, 2.75) is 47.6 Å². The third kappa shape index (κ3) is 3.06. The number of nitrogens with two attached hydrogens (primary N) is 1. The number of amides is 1. The van der Waals surface area contributed by atoms with Gasteiger partial charge < -0.3 is 20.3 Å². The molecule has 1 aliphatic heterocycles. The lowest BCUT2D eigenvalue weighted by molar-refractivity contribution is 0.0737. The quantitative estimate of drug-likeness (QED) is 0.483. The first kappa shape index (κ1) is 21.0. The molecule has 9 heteroatoms. The summed E-state index contributed by atoms with van der Waals surface area (Å²) in [5.74, 6) is 0.906. The first-order valence-electron chi connectivity index (χ1n) is 10.9. The van der Waals surface area contributed by atoms with Gasteiger partial charge >= 0.3 is 0 Å². The monoisotopic (exact) mass is 446 g/mol. The maximum atomic E-state index is 13.8. The third-order valence-corrected chi connectivity index (χ3v) is 6.60. The molecule has 0 unspecified atom stereocenters. The fraction of sp³-hybridized carbons (Fsp3) is 0.333. The Kier molecular flexibility index (Phi) is 4.66. The van der Waals surface area contributed by atoms with E-state index in [1.165, 1.54) is 0 Å². The average Bonchev–Trinajstić information content (AvgIpc) is 3.28. The van der Waals surface area contributed by atoms with Crippen molar-refractivity contribution in [2.75, 3.05) is 12.3 Å². The van der Waals surface area contributed by atoms with Gasteiger partial charge in [0.15, 0.2) is 5.65 Å². The maximum Gasteiger partial charge on any atom is 0.260 e. The Labute approximate surface area is 190 Å². The zero-order chi connectivity index (χ0) is 23.6. The number of phenolic OH excluding ortho intramolecular Hbond substituents is 1. The van der Waals surface area contributed by atoms with E-state index in [1.807, 2.05) is 40.7 Å². The van der Waals surface area contributed by atoms with Gasteiger partial charge in [-0.05, 0) is 46.2 Å². The van der Waals surface area contributed by atoms with Crippen LogP contribution in [0.15, 0.2) is 16.7 Å². The van der Waals surface area contributed by atoms with Gasteiger partial charge in [0.2, 0.25) is 0 Å². The minimum Gasteiger partial charge on any atom is -0.508 e. The zero-order valence-corrected chi connectivity index (χ0v) is 19.4. The van der Waals surface area contributed by atoms with Crippen molar-refractivity contribution in [1.82, 2.24) is 24.6 Å². The molecule has 0 bridgehead atoms. The summed E-state index contributed by atoms with van der Waals surface area (Å²) in [5.41, 5.74) is 13.5. The largest absolute Gasteiger partial charge is 0.508 e. The number of fused-ring (bicyclic) bond motifs is 2. The van der Waals surface area contributed by atoms with E-state index in [0.29, 0.717) is 47.5 Å². The van der Waals surface area contributed by atoms with Crippen molar-refractivity contribution in [2.24, 2.45) is 0 Å². The zero-order valence-electron chi connectivity index (χ0n) is 19.4. The summed E-state index contributed by atoms with van der Waals surface area (Å²) in [6.45, 7) is 10.3. The topological polar surface area (TPSA) is 123 Å². The van der Waals surface area contributed by atoms with Gasteiger partial charge in [-0.1, -0.05) is 11.2 Å². The first-order valence-corrected chi connectivity index (χ1v) is 10.9. The minimum absolute atomic E-state index is 0.146. The summed E-state index contributed by atoms with van der Waals surface area (Å²) in [5, 5.41) is 14.5. The standard InChI is InChI=1S/C24H26N6O3/c1-11-6-7-18(31)12(2)21(11)30-22(25)19(20-23(30)27-14(4)13(3)26-20)24(32)29-9-8-17-16(10-29)15(5)33-28-17/h6-7,31H,8-10,25H2,1-5H3. The lowest BCUT2D eigenvalue weighted by Gasteiger charge is -2.26. The highest BCUT2D eigenvalue weighted by Crippen LogP contribution is 2.36. The van der Waals surface area contributed by atoms with Crippen molar-refractivity contribution in [1.29, 1.82) is 0 Å². The number of aryl methyl sites for hydroxylation is 4. The molecule has 33 heavy (non-hydrogen) atoms. The summed E-state index contributed by atoms with van der Waals surface area (Å²) in [6.07, 6.45) is 0.617. The summed E-state index contributed by atoms with van der Waals surface area (Å²) < 4.78 is 7.05. The van der Waals surface area contributed by atoms with Crippen molar-refractivity contribution in [3.8, 4) is 11.4 Å². The van der Waals surface area contributed by atoms with E-state index in [9.17, 15) is 9.90 Å². The molecule has 4 heterocycles. The Hall–Kier alpha value is -3.88. The van der Waals surface area contributed by atoms with Crippen LogP contribution in [0, 0.1) is 34.6 Å². The Morgan fingerprint density at radius 2 is 1.85 bits per heavy atom. The Balaban J connectivity index is 1.74. The number of aromatic nitrogens is 4. The second kappa shape index (κ2) is 7.33. The molecule has 1 aromatic carbocycles. The molecule has 3 N–H and O–H groups in total. The number of benzene rings is 1. The molecule has 5 rings (SSSR count). The second-order valence-corrected chi connectivity index (χ2v) is 8.68. The van der Waals surface area contributed by atoms with Crippen LogP contribution in [0.2, 0.25) is 0 Å². The van der Waals surface area contributed by atoms with E-state index < -0.39 is 0 Å². The number of nitrogen functional groups attached to an aromatic ring is 1. The van der Waals surface area contributed by atoms with E-state index in [2.05, 4.69) is 5.16 Å². The maximum absolute atomic E-state index is 13.8. The number of aromatic hydroxyl groups is 1. The fourth-order valence-corrected chi connectivity index (χ4v) is 4.55. The summed E-state index contributed by atoms with van der Waals surface area (Å²) >= 11 is 0. The van der Waals surface area contributed by atoms with Crippen LogP contribution in [0.25, 0.3) is 16.9 Å². The van der Waals surface area contributed by atoms with E-state index in [4.69, 9.17) is 20.2 Å². The molecule has 0 atom stereocenters. The molecule has 0 saturated heterocycles.